The van der Waals surface area contributed by atoms with Gasteiger partial charge in [-0.1, -0.05) is 26.7 Å². The molecule has 0 aliphatic rings. The summed E-state index contributed by atoms with van der Waals surface area (Å²) in [6.45, 7) is 7.71. The fourth-order valence-corrected chi connectivity index (χ4v) is 1.31. The molecule has 0 radical (unpaired) electrons. The van der Waals surface area contributed by atoms with Crippen molar-refractivity contribution in [1.29, 1.82) is 5.26 Å². The Balaban J connectivity index is 3.54. The van der Waals surface area contributed by atoms with E-state index in [0.29, 0.717) is 6.42 Å². The summed E-state index contributed by atoms with van der Waals surface area (Å²) in [6.07, 6.45) is 5.68. The van der Waals surface area contributed by atoms with Crippen LogP contribution in [0, 0.1) is 11.3 Å². The van der Waals surface area contributed by atoms with Crippen molar-refractivity contribution in [3.05, 3.63) is 0 Å². The van der Waals surface area contributed by atoms with Crippen LogP contribution in [0.15, 0.2) is 0 Å². The normalized spacial score (nSPS) is 10.3. The van der Waals surface area contributed by atoms with E-state index in [1.165, 1.54) is 25.7 Å². The van der Waals surface area contributed by atoms with Crippen molar-refractivity contribution < 1.29 is 0 Å². The van der Waals surface area contributed by atoms with Crippen LogP contribution in [0.4, 0.5) is 0 Å². The molecule has 0 spiro atoms. The van der Waals surface area contributed by atoms with Gasteiger partial charge in [-0.15, -0.1) is 0 Å². The van der Waals surface area contributed by atoms with Gasteiger partial charge in [0, 0.05) is 13.0 Å². The molecule has 0 saturated carbocycles. The van der Waals surface area contributed by atoms with Crippen molar-refractivity contribution in [2.24, 2.45) is 0 Å². The van der Waals surface area contributed by atoms with E-state index >= 15 is 0 Å². The van der Waals surface area contributed by atoms with Crippen LogP contribution in [-0.4, -0.2) is 24.5 Å². The summed E-state index contributed by atoms with van der Waals surface area (Å²) in [7, 11) is 0. The summed E-state index contributed by atoms with van der Waals surface area (Å²) in [5, 5.41) is 8.49. The Morgan fingerprint density at radius 1 is 1.00 bits per heavy atom. The Hall–Kier alpha value is -0.550. The molecule has 0 saturated heterocycles. The largest absolute Gasteiger partial charge is 0.302 e. The van der Waals surface area contributed by atoms with Crippen molar-refractivity contribution >= 4 is 0 Å². The zero-order valence-electron chi connectivity index (χ0n) is 9.05. The Bertz CT molecular complexity index is 130. The van der Waals surface area contributed by atoms with Crippen LogP contribution in [0.1, 0.15) is 46.0 Å². The van der Waals surface area contributed by atoms with E-state index in [1.807, 2.05) is 0 Å². The van der Waals surface area contributed by atoms with Crippen LogP contribution in [-0.2, 0) is 0 Å². The lowest BCUT2D eigenvalue weighted by Gasteiger charge is -2.20. The molecular formula is C11H22N2. The molecule has 13 heavy (non-hydrogen) atoms. The highest BCUT2D eigenvalue weighted by molar-refractivity contribution is 4.72. The lowest BCUT2D eigenvalue weighted by atomic mass is 10.2. The monoisotopic (exact) mass is 182 g/mol. The van der Waals surface area contributed by atoms with E-state index in [9.17, 15) is 0 Å². The van der Waals surface area contributed by atoms with Gasteiger partial charge in [-0.05, 0) is 25.9 Å². The van der Waals surface area contributed by atoms with Gasteiger partial charge in [0.15, 0.2) is 0 Å². The number of hydrogen-bond acceptors (Lipinski definition) is 2. The molecule has 0 aromatic heterocycles. The van der Waals surface area contributed by atoms with Crippen molar-refractivity contribution in [2.45, 2.75) is 46.0 Å². The fourth-order valence-electron chi connectivity index (χ4n) is 1.31. The van der Waals surface area contributed by atoms with E-state index in [-0.39, 0.29) is 0 Å². The highest BCUT2D eigenvalue weighted by Crippen LogP contribution is 1.99. The maximum atomic E-state index is 8.49. The minimum atomic E-state index is 0.674. The first kappa shape index (κ1) is 12.4. The fraction of sp³-hybridized carbons (Fsp3) is 0.909. The van der Waals surface area contributed by atoms with Gasteiger partial charge in [0.25, 0.3) is 0 Å². The number of rotatable bonds is 8. The second-order valence-corrected chi connectivity index (χ2v) is 3.46. The highest BCUT2D eigenvalue weighted by atomic mass is 15.1. The first-order chi connectivity index (χ1) is 6.35. The number of unbranched alkanes of at least 4 members (excludes halogenated alkanes) is 2. The standard InChI is InChI=1S/C11H22N2/c1-3-5-9-13(10-6-4-2)11-7-8-12/h3-7,9-11H2,1-2H3. The van der Waals surface area contributed by atoms with Gasteiger partial charge in [-0.2, -0.15) is 5.26 Å². The quantitative estimate of drug-likeness (QED) is 0.577. The van der Waals surface area contributed by atoms with Gasteiger partial charge < -0.3 is 4.90 Å². The van der Waals surface area contributed by atoms with Gasteiger partial charge in [-0.25, -0.2) is 0 Å². The van der Waals surface area contributed by atoms with Crippen LogP contribution in [0.3, 0.4) is 0 Å². The Morgan fingerprint density at radius 2 is 1.54 bits per heavy atom. The molecule has 0 fully saturated rings. The summed E-state index contributed by atoms with van der Waals surface area (Å²) in [4.78, 5) is 2.41. The molecule has 0 rings (SSSR count). The van der Waals surface area contributed by atoms with Crippen LogP contribution >= 0.6 is 0 Å². The first-order valence-electron chi connectivity index (χ1n) is 5.44. The molecule has 0 aliphatic carbocycles. The zero-order chi connectivity index (χ0) is 9.94. The van der Waals surface area contributed by atoms with E-state index in [1.54, 1.807) is 0 Å². The molecule has 2 heteroatoms. The topological polar surface area (TPSA) is 27.0 Å². The van der Waals surface area contributed by atoms with Gasteiger partial charge in [0.1, 0.15) is 0 Å². The van der Waals surface area contributed by atoms with E-state index in [4.69, 9.17) is 5.26 Å². The Labute approximate surface area is 82.5 Å². The zero-order valence-corrected chi connectivity index (χ0v) is 9.05. The second-order valence-electron chi connectivity index (χ2n) is 3.46. The number of nitriles is 1. The maximum absolute atomic E-state index is 8.49. The molecule has 76 valence electrons. The lowest BCUT2D eigenvalue weighted by Crippen LogP contribution is -2.26. The Morgan fingerprint density at radius 3 is 1.92 bits per heavy atom. The molecule has 0 bridgehead atoms. The second kappa shape index (κ2) is 9.54. The van der Waals surface area contributed by atoms with E-state index in [0.717, 1.165) is 19.6 Å². The molecule has 0 atom stereocenters. The molecular weight excluding hydrogens is 160 g/mol. The molecule has 0 heterocycles. The predicted molar refractivity (Wildman–Crippen MR) is 56.5 cm³/mol. The summed E-state index contributed by atoms with van der Waals surface area (Å²) in [6, 6.07) is 2.21. The molecule has 0 unspecified atom stereocenters. The van der Waals surface area contributed by atoms with Crippen molar-refractivity contribution in [1.82, 2.24) is 4.90 Å². The third-order valence-corrected chi connectivity index (χ3v) is 2.20. The van der Waals surface area contributed by atoms with Crippen LogP contribution in [0.2, 0.25) is 0 Å². The highest BCUT2D eigenvalue weighted by Gasteiger charge is 2.02. The Kier molecular flexibility index (Phi) is 9.13. The maximum Gasteiger partial charge on any atom is 0.0635 e. The summed E-state index contributed by atoms with van der Waals surface area (Å²) in [5.41, 5.74) is 0. The SMILES string of the molecule is CCCCN(CCC#N)CCCC. The third kappa shape index (κ3) is 7.80. The molecule has 2 nitrogen and oxygen atoms in total. The van der Waals surface area contributed by atoms with Crippen molar-refractivity contribution in [3.63, 3.8) is 0 Å². The van der Waals surface area contributed by atoms with Crippen LogP contribution < -0.4 is 0 Å². The summed E-state index contributed by atoms with van der Waals surface area (Å²) >= 11 is 0. The molecule has 0 aromatic carbocycles. The van der Waals surface area contributed by atoms with Crippen molar-refractivity contribution in [3.8, 4) is 6.07 Å². The van der Waals surface area contributed by atoms with Gasteiger partial charge in [0.2, 0.25) is 0 Å². The average Bonchev–Trinajstić information content (AvgIpc) is 2.17. The summed E-state index contributed by atoms with van der Waals surface area (Å²) < 4.78 is 0. The smallest absolute Gasteiger partial charge is 0.0635 e. The van der Waals surface area contributed by atoms with Gasteiger partial charge >= 0.3 is 0 Å². The molecule has 0 amide bonds. The van der Waals surface area contributed by atoms with Crippen LogP contribution in [0.25, 0.3) is 0 Å². The van der Waals surface area contributed by atoms with E-state index < -0.39 is 0 Å². The third-order valence-electron chi connectivity index (χ3n) is 2.20. The molecule has 0 aliphatic heterocycles. The number of nitrogens with zero attached hydrogens (tertiary/aromatic N) is 2. The summed E-state index contributed by atoms with van der Waals surface area (Å²) in [5.74, 6) is 0. The minimum Gasteiger partial charge on any atom is -0.302 e. The molecule has 0 N–H and O–H groups in total. The first-order valence-corrected chi connectivity index (χ1v) is 5.44. The van der Waals surface area contributed by atoms with Gasteiger partial charge in [0.05, 0.1) is 6.07 Å². The van der Waals surface area contributed by atoms with E-state index in [2.05, 4.69) is 24.8 Å². The minimum absolute atomic E-state index is 0.674. The van der Waals surface area contributed by atoms with Crippen LogP contribution in [0.5, 0.6) is 0 Å². The molecule has 0 aromatic rings. The average molecular weight is 182 g/mol. The lowest BCUT2D eigenvalue weighted by molar-refractivity contribution is 0.271. The van der Waals surface area contributed by atoms with Gasteiger partial charge in [-0.3, -0.25) is 0 Å². The predicted octanol–water partition coefficient (Wildman–Crippen LogP) is 2.80. The van der Waals surface area contributed by atoms with Crippen molar-refractivity contribution in [2.75, 3.05) is 19.6 Å². The number of hydrogen-bond donors (Lipinski definition) is 0.